The van der Waals surface area contributed by atoms with Crippen molar-refractivity contribution in [3.05, 3.63) is 35.7 Å². The number of esters is 1. The van der Waals surface area contributed by atoms with Crippen LogP contribution in [0, 0.1) is 11.3 Å². The van der Waals surface area contributed by atoms with Crippen molar-refractivity contribution in [2.75, 3.05) is 7.11 Å². The van der Waals surface area contributed by atoms with E-state index in [4.69, 9.17) is 5.26 Å². The number of carbonyl (C=O) groups excluding carboxylic acids is 1. The third kappa shape index (κ3) is 2.42. The summed E-state index contributed by atoms with van der Waals surface area (Å²) in [6, 6.07) is 5.16. The molecule has 0 aliphatic heterocycles. The van der Waals surface area contributed by atoms with Gasteiger partial charge in [0, 0.05) is 12.4 Å². The number of nitrogens with zero attached hydrogens (tertiary/aromatic N) is 2. The first-order valence-corrected chi connectivity index (χ1v) is 3.88. The summed E-state index contributed by atoms with van der Waals surface area (Å²) in [5.41, 5.74) is 0.709. The SMILES string of the molecule is COC(=O)/C(C#N)=C/c1ccncc1. The van der Waals surface area contributed by atoms with E-state index in [1.807, 2.05) is 0 Å². The van der Waals surface area contributed by atoms with Crippen molar-refractivity contribution < 1.29 is 9.53 Å². The van der Waals surface area contributed by atoms with Crippen LogP contribution in [0.3, 0.4) is 0 Å². The van der Waals surface area contributed by atoms with Gasteiger partial charge in [-0.05, 0) is 23.8 Å². The molecule has 0 atom stereocenters. The Bertz CT molecular complexity index is 390. The highest BCUT2D eigenvalue weighted by atomic mass is 16.5. The Balaban J connectivity index is 2.97. The summed E-state index contributed by atoms with van der Waals surface area (Å²) >= 11 is 0. The first-order chi connectivity index (χ1) is 6.77. The second-order valence-electron chi connectivity index (χ2n) is 2.44. The van der Waals surface area contributed by atoms with Crippen LogP contribution >= 0.6 is 0 Å². The molecule has 0 N–H and O–H groups in total. The number of hydrogen-bond donors (Lipinski definition) is 0. The number of ether oxygens (including phenoxy) is 1. The highest BCUT2D eigenvalue weighted by Crippen LogP contribution is 2.05. The molecule has 4 heteroatoms. The van der Waals surface area contributed by atoms with Gasteiger partial charge in [-0.1, -0.05) is 0 Å². The smallest absolute Gasteiger partial charge is 0.348 e. The standard InChI is InChI=1S/C10H8N2O2/c1-14-10(13)9(7-11)6-8-2-4-12-5-3-8/h2-6H,1H3/b9-6+. The lowest BCUT2D eigenvalue weighted by Gasteiger charge is -1.95. The second-order valence-corrected chi connectivity index (χ2v) is 2.44. The average molecular weight is 188 g/mol. The monoisotopic (exact) mass is 188 g/mol. The van der Waals surface area contributed by atoms with Crippen molar-refractivity contribution in [3.8, 4) is 6.07 Å². The zero-order chi connectivity index (χ0) is 10.4. The van der Waals surface area contributed by atoms with Gasteiger partial charge in [0.2, 0.25) is 0 Å². The minimum Gasteiger partial charge on any atom is -0.465 e. The highest BCUT2D eigenvalue weighted by Gasteiger charge is 2.07. The Morgan fingerprint density at radius 1 is 1.57 bits per heavy atom. The zero-order valence-corrected chi connectivity index (χ0v) is 7.60. The molecule has 1 heterocycles. The molecule has 0 spiro atoms. The minimum atomic E-state index is -0.635. The molecular formula is C10H8N2O2. The van der Waals surface area contributed by atoms with Crippen LogP contribution in [0.1, 0.15) is 5.56 Å². The Labute approximate surface area is 81.5 Å². The van der Waals surface area contributed by atoms with E-state index in [9.17, 15) is 4.79 Å². The maximum absolute atomic E-state index is 11.0. The summed E-state index contributed by atoms with van der Waals surface area (Å²) in [5, 5.41) is 8.65. The molecule has 1 aromatic heterocycles. The molecule has 0 aromatic carbocycles. The molecule has 0 unspecified atom stereocenters. The molecule has 0 amide bonds. The Morgan fingerprint density at radius 3 is 2.71 bits per heavy atom. The molecule has 0 radical (unpaired) electrons. The fourth-order valence-corrected chi connectivity index (χ4v) is 0.873. The first kappa shape index (κ1) is 9.93. The molecule has 14 heavy (non-hydrogen) atoms. The lowest BCUT2D eigenvalue weighted by Crippen LogP contribution is -2.02. The fraction of sp³-hybridized carbons (Fsp3) is 0.100. The predicted octanol–water partition coefficient (Wildman–Crippen LogP) is 1.16. The zero-order valence-electron chi connectivity index (χ0n) is 7.60. The van der Waals surface area contributed by atoms with Crippen LogP contribution in [0.25, 0.3) is 6.08 Å². The molecule has 70 valence electrons. The fourth-order valence-electron chi connectivity index (χ4n) is 0.873. The van der Waals surface area contributed by atoms with Crippen LogP contribution in [-0.2, 0) is 9.53 Å². The molecule has 4 nitrogen and oxygen atoms in total. The minimum absolute atomic E-state index is 0.0290. The van der Waals surface area contributed by atoms with Crippen molar-refractivity contribution in [3.63, 3.8) is 0 Å². The van der Waals surface area contributed by atoms with Gasteiger partial charge in [-0.2, -0.15) is 5.26 Å². The lowest BCUT2D eigenvalue weighted by molar-refractivity contribution is -0.135. The number of aromatic nitrogens is 1. The molecular weight excluding hydrogens is 180 g/mol. The van der Waals surface area contributed by atoms with E-state index in [0.29, 0.717) is 0 Å². The molecule has 0 bridgehead atoms. The molecule has 0 fully saturated rings. The van der Waals surface area contributed by atoms with Crippen molar-refractivity contribution in [2.24, 2.45) is 0 Å². The quantitative estimate of drug-likeness (QED) is 0.397. The summed E-state index contributed by atoms with van der Waals surface area (Å²) in [7, 11) is 1.24. The maximum Gasteiger partial charge on any atom is 0.348 e. The van der Waals surface area contributed by atoms with Gasteiger partial charge in [0.05, 0.1) is 7.11 Å². The van der Waals surface area contributed by atoms with E-state index in [0.717, 1.165) is 5.56 Å². The number of nitriles is 1. The summed E-state index contributed by atoms with van der Waals surface area (Å²) in [4.78, 5) is 14.8. The number of carbonyl (C=O) groups is 1. The van der Waals surface area contributed by atoms with Gasteiger partial charge < -0.3 is 4.74 Å². The summed E-state index contributed by atoms with van der Waals surface area (Å²) < 4.78 is 4.43. The van der Waals surface area contributed by atoms with Crippen LogP contribution in [0.15, 0.2) is 30.1 Å². The molecule has 0 saturated heterocycles. The lowest BCUT2D eigenvalue weighted by atomic mass is 10.2. The normalized spacial score (nSPS) is 10.4. The Kier molecular flexibility index (Phi) is 3.39. The predicted molar refractivity (Wildman–Crippen MR) is 49.8 cm³/mol. The molecule has 0 saturated carbocycles. The van der Waals surface area contributed by atoms with E-state index in [2.05, 4.69) is 9.72 Å². The van der Waals surface area contributed by atoms with Gasteiger partial charge in [-0.15, -0.1) is 0 Å². The van der Waals surface area contributed by atoms with E-state index in [-0.39, 0.29) is 5.57 Å². The van der Waals surface area contributed by atoms with Gasteiger partial charge in [0.1, 0.15) is 11.6 Å². The van der Waals surface area contributed by atoms with Crippen molar-refractivity contribution in [1.82, 2.24) is 4.98 Å². The molecule has 1 aromatic rings. The molecule has 1 rings (SSSR count). The van der Waals surface area contributed by atoms with E-state index >= 15 is 0 Å². The van der Waals surface area contributed by atoms with Crippen LogP contribution in [-0.4, -0.2) is 18.1 Å². The number of hydrogen-bond acceptors (Lipinski definition) is 4. The van der Waals surface area contributed by atoms with Gasteiger partial charge in [-0.3, -0.25) is 4.98 Å². The third-order valence-electron chi connectivity index (χ3n) is 1.54. The first-order valence-electron chi connectivity index (χ1n) is 3.88. The van der Waals surface area contributed by atoms with Crippen molar-refractivity contribution in [2.45, 2.75) is 0 Å². The third-order valence-corrected chi connectivity index (χ3v) is 1.54. The van der Waals surface area contributed by atoms with Crippen molar-refractivity contribution >= 4 is 12.0 Å². The van der Waals surface area contributed by atoms with Crippen LogP contribution in [0.2, 0.25) is 0 Å². The van der Waals surface area contributed by atoms with Gasteiger partial charge >= 0.3 is 5.97 Å². The molecule has 0 aliphatic rings. The largest absolute Gasteiger partial charge is 0.465 e. The number of pyridine rings is 1. The summed E-state index contributed by atoms with van der Waals surface area (Å²) in [5.74, 6) is -0.635. The summed E-state index contributed by atoms with van der Waals surface area (Å²) in [6.45, 7) is 0. The topological polar surface area (TPSA) is 63.0 Å². The molecule has 0 aliphatic carbocycles. The maximum atomic E-state index is 11.0. The van der Waals surface area contributed by atoms with Crippen molar-refractivity contribution in [1.29, 1.82) is 5.26 Å². The van der Waals surface area contributed by atoms with Gasteiger partial charge in [0.15, 0.2) is 0 Å². The van der Waals surface area contributed by atoms with E-state index in [1.54, 1.807) is 30.6 Å². The van der Waals surface area contributed by atoms with Crippen LogP contribution in [0.4, 0.5) is 0 Å². The van der Waals surface area contributed by atoms with Gasteiger partial charge in [0.25, 0.3) is 0 Å². The second kappa shape index (κ2) is 4.77. The average Bonchev–Trinajstić information content (AvgIpc) is 2.26. The van der Waals surface area contributed by atoms with Crippen LogP contribution < -0.4 is 0 Å². The Morgan fingerprint density at radius 2 is 2.21 bits per heavy atom. The Hall–Kier alpha value is -2.15. The summed E-state index contributed by atoms with van der Waals surface area (Å²) in [6.07, 6.45) is 4.61. The van der Waals surface area contributed by atoms with Crippen LogP contribution in [0.5, 0.6) is 0 Å². The number of methoxy groups -OCH3 is 1. The van der Waals surface area contributed by atoms with Gasteiger partial charge in [-0.25, -0.2) is 4.79 Å². The van der Waals surface area contributed by atoms with E-state index in [1.165, 1.54) is 13.2 Å². The van der Waals surface area contributed by atoms with E-state index < -0.39 is 5.97 Å². The number of rotatable bonds is 2. The highest BCUT2D eigenvalue weighted by molar-refractivity contribution is 5.97.